The van der Waals surface area contributed by atoms with E-state index < -0.39 is 0 Å². The van der Waals surface area contributed by atoms with Crippen molar-refractivity contribution in [3.8, 4) is 0 Å². The summed E-state index contributed by atoms with van der Waals surface area (Å²) < 4.78 is 1.50. The van der Waals surface area contributed by atoms with Gasteiger partial charge in [-0.25, -0.2) is 4.68 Å². The Balaban J connectivity index is 2.59. The van der Waals surface area contributed by atoms with Crippen LogP contribution in [0.25, 0.3) is 0 Å². The predicted octanol–water partition coefficient (Wildman–Crippen LogP) is 0.751. The molecule has 5 heteroatoms. The topological polar surface area (TPSA) is 47.8 Å². The number of aryl methyl sites for hydroxylation is 1. The molecular formula is C7H11N3OS. The van der Waals surface area contributed by atoms with Crippen molar-refractivity contribution in [2.24, 2.45) is 7.05 Å². The minimum atomic E-state index is 0.108. The van der Waals surface area contributed by atoms with Crippen molar-refractivity contribution in [3.05, 3.63) is 11.9 Å². The first kappa shape index (κ1) is 9.25. The summed E-state index contributed by atoms with van der Waals surface area (Å²) in [5, 5.41) is 7.32. The van der Waals surface area contributed by atoms with E-state index in [4.69, 9.17) is 0 Å². The number of aromatic nitrogens is 3. The van der Waals surface area contributed by atoms with E-state index in [2.05, 4.69) is 10.3 Å². The Morgan fingerprint density at radius 1 is 1.75 bits per heavy atom. The summed E-state index contributed by atoms with van der Waals surface area (Å²) in [5.41, 5.74) is 0.587. The van der Waals surface area contributed by atoms with E-state index in [0.717, 1.165) is 5.75 Å². The van der Waals surface area contributed by atoms with Gasteiger partial charge in [-0.15, -0.1) is 5.10 Å². The van der Waals surface area contributed by atoms with Gasteiger partial charge in [0.05, 0.1) is 6.20 Å². The van der Waals surface area contributed by atoms with E-state index in [1.54, 1.807) is 18.8 Å². The third kappa shape index (κ3) is 2.07. The highest BCUT2D eigenvalue weighted by Crippen LogP contribution is 2.03. The molecule has 4 nitrogen and oxygen atoms in total. The molecule has 0 bridgehead atoms. The smallest absolute Gasteiger partial charge is 0.183 e. The molecule has 0 fully saturated rings. The normalized spacial score (nSPS) is 10.2. The van der Waals surface area contributed by atoms with Crippen molar-refractivity contribution in [3.63, 3.8) is 0 Å². The predicted molar refractivity (Wildman–Crippen MR) is 48.3 cm³/mol. The molecule has 0 saturated heterocycles. The lowest BCUT2D eigenvalue weighted by Crippen LogP contribution is -2.07. The van der Waals surface area contributed by atoms with Crippen LogP contribution in [0.2, 0.25) is 0 Å². The standard InChI is InChI=1S/C7H11N3OS/c1-10-6(5-8-9-10)7(11)3-4-12-2/h5H,3-4H2,1-2H3. The maximum Gasteiger partial charge on any atom is 0.183 e. The molecule has 0 aliphatic rings. The van der Waals surface area contributed by atoms with Gasteiger partial charge in [0.1, 0.15) is 5.69 Å². The molecule has 0 unspecified atom stereocenters. The average Bonchev–Trinajstić information content (AvgIpc) is 2.47. The summed E-state index contributed by atoms with van der Waals surface area (Å²) in [7, 11) is 1.72. The van der Waals surface area contributed by atoms with Gasteiger partial charge in [0, 0.05) is 19.2 Å². The Labute approximate surface area is 75.3 Å². The van der Waals surface area contributed by atoms with Crippen LogP contribution in [0.15, 0.2) is 6.20 Å². The molecule has 0 aromatic carbocycles. The van der Waals surface area contributed by atoms with E-state index >= 15 is 0 Å². The van der Waals surface area contributed by atoms with Crippen molar-refractivity contribution in [1.82, 2.24) is 15.0 Å². The summed E-state index contributed by atoms with van der Waals surface area (Å²) in [6, 6.07) is 0. The Morgan fingerprint density at radius 2 is 2.50 bits per heavy atom. The molecule has 0 atom stereocenters. The van der Waals surface area contributed by atoms with Crippen molar-refractivity contribution in [2.75, 3.05) is 12.0 Å². The van der Waals surface area contributed by atoms with E-state index in [1.807, 2.05) is 6.26 Å². The van der Waals surface area contributed by atoms with Gasteiger partial charge in [-0.1, -0.05) is 5.21 Å². The van der Waals surface area contributed by atoms with Crippen LogP contribution >= 0.6 is 11.8 Å². The number of hydrogen-bond donors (Lipinski definition) is 0. The van der Waals surface area contributed by atoms with E-state index in [1.165, 1.54) is 10.9 Å². The number of carbonyl (C=O) groups excluding carboxylic acids is 1. The number of rotatable bonds is 4. The quantitative estimate of drug-likeness (QED) is 0.649. The fraction of sp³-hybridized carbons (Fsp3) is 0.571. The minimum Gasteiger partial charge on any atom is -0.292 e. The van der Waals surface area contributed by atoms with Crippen LogP contribution in [-0.2, 0) is 7.05 Å². The molecule has 1 aromatic rings. The first-order valence-electron chi connectivity index (χ1n) is 3.62. The molecule has 1 heterocycles. The van der Waals surface area contributed by atoms with Crippen LogP contribution < -0.4 is 0 Å². The van der Waals surface area contributed by atoms with E-state index in [-0.39, 0.29) is 5.78 Å². The third-order valence-corrected chi connectivity index (χ3v) is 2.15. The molecule has 0 N–H and O–H groups in total. The van der Waals surface area contributed by atoms with Gasteiger partial charge in [0.15, 0.2) is 5.78 Å². The molecule has 0 saturated carbocycles. The number of carbonyl (C=O) groups is 1. The largest absolute Gasteiger partial charge is 0.292 e. The molecular weight excluding hydrogens is 174 g/mol. The van der Waals surface area contributed by atoms with Gasteiger partial charge in [0.25, 0.3) is 0 Å². The van der Waals surface area contributed by atoms with E-state index in [0.29, 0.717) is 12.1 Å². The van der Waals surface area contributed by atoms with Crippen molar-refractivity contribution >= 4 is 17.5 Å². The van der Waals surface area contributed by atoms with Gasteiger partial charge in [-0.05, 0) is 6.26 Å². The summed E-state index contributed by atoms with van der Waals surface area (Å²) in [4.78, 5) is 11.4. The number of nitrogens with zero attached hydrogens (tertiary/aromatic N) is 3. The second kappa shape index (κ2) is 4.25. The van der Waals surface area contributed by atoms with Crippen LogP contribution in [0.5, 0.6) is 0 Å². The zero-order valence-electron chi connectivity index (χ0n) is 7.15. The SMILES string of the molecule is CSCCC(=O)c1cnnn1C. The van der Waals surface area contributed by atoms with Crippen molar-refractivity contribution in [2.45, 2.75) is 6.42 Å². The van der Waals surface area contributed by atoms with Crippen molar-refractivity contribution < 1.29 is 4.79 Å². The molecule has 0 amide bonds. The number of Topliss-reactive ketones (excluding diaryl/α,β-unsaturated/α-hetero) is 1. The van der Waals surface area contributed by atoms with Crippen molar-refractivity contribution in [1.29, 1.82) is 0 Å². The van der Waals surface area contributed by atoms with Gasteiger partial charge in [0.2, 0.25) is 0 Å². The molecule has 0 radical (unpaired) electrons. The fourth-order valence-electron chi connectivity index (χ4n) is 0.865. The monoisotopic (exact) mass is 185 g/mol. The summed E-state index contributed by atoms with van der Waals surface area (Å²) >= 11 is 1.66. The summed E-state index contributed by atoms with van der Waals surface area (Å²) in [5.74, 6) is 0.959. The first-order chi connectivity index (χ1) is 5.75. The maximum absolute atomic E-state index is 11.4. The highest BCUT2D eigenvalue weighted by molar-refractivity contribution is 7.98. The minimum absolute atomic E-state index is 0.108. The van der Waals surface area contributed by atoms with Gasteiger partial charge < -0.3 is 0 Å². The zero-order chi connectivity index (χ0) is 8.97. The lowest BCUT2D eigenvalue weighted by Gasteiger charge is -1.97. The van der Waals surface area contributed by atoms with Gasteiger partial charge >= 0.3 is 0 Å². The maximum atomic E-state index is 11.4. The zero-order valence-corrected chi connectivity index (χ0v) is 7.97. The highest BCUT2D eigenvalue weighted by Gasteiger charge is 2.09. The number of thioether (sulfide) groups is 1. The van der Waals surface area contributed by atoms with Crippen LogP contribution in [0.4, 0.5) is 0 Å². The fourth-order valence-corrected chi connectivity index (χ4v) is 1.25. The Kier molecular flexibility index (Phi) is 3.28. The van der Waals surface area contributed by atoms with Crippen LogP contribution in [0, 0.1) is 0 Å². The highest BCUT2D eigenvalue weighted by atomic mass is 32.2. The summed E-state index contributed by atoms with van der Waals surface area (Å²) in [6.45, 7) is 0. The molecule has 0 aliphatic heterocycles. The Hall–Kier alpha value is -0.840. The molecule has 66 valence electrons. The van der Waals surface area contributed by atoms with Crippen LogP contribution in [-0.4, -0.2) is 32.8 Å². The lowest BCUT2D eigenvalue weighted by atomic mass is 10.2. The first-order valence-corrected chi connectivity index (χ1v) is 5.02. The lowest BCUT2D eigenvalue weighted by molar-refractivity contribution is 0.0980. The second-order valence-electron chi connectivity index (χ2n) is 2.41. The van der Waals surface area contributed by atoms with Gasteiger partial charge in [-0.2, -0.15) is 11.8 Å². The molecule has 0 aliphatic carbocycles. The Morgan fingerprint density at radius 3 is 3.00 bits per heavy atom. The van der Waals surface area contributed by atoms with Crippen LogP contribution in [0.3, 0.4) is 0 Å². The molecule has 12 heavy (non-hydrogen) atoms. The molecule has 1 aromatic heterocycles. The second-order valence-corrected chi connectivity index (χ2v) is 3.39. The van der Waals surface area contributed by atoms with E-state index in [9.17, 15) is 4.79 Å². The number of ketones is 1. The van der Waals surface area contributed by atoms with Gasteiger partial charge in [-0.3, -0.25) is 4.79 Å². The Bertz CT molecular complexity index is 271. The third-order valence-electron chi connectivity index (χ3n) is 1.53. The van der Waals surface area contributed by atoms with Crippen LogP contribution in [0.1, 0.15) is 16.9 Å². The number of hydrogen-bond acceptors (Lipinski definition) is 4. The average molecular weight is 185 g/mol. The molecule has 0 spiro atoms. The summed E-state index contributed by atoms with van der Waals surface area (Å²) in [6.07, 6.45) is 4.04. The molecule has 1 rings (SSSR count).